The number of hydrogen-bond donors (Lipinski definition) is 2. The summed E-state index contributed by atoms with van der Waals surface area (Å²) in [5.74, 6) is -1.01. The number of nitrogens with one attached hydrogen (secondary N) is 1. The summed E-state index contributed by atoms with van der Waals surface area (Å²) >= 11 is 0. The Kier molecular flexibility index (Phi) is 5.08. The molecule has 0 atom stereocenters. The summed E-state index contributed by atoms with van der Waals surface area (Å²) in [6.45, 7) is -0.310. The highest BCUT2D eigenvalue weighted by Gasteiger charge is 2.21. The normalized spacial score (nSPS) is 17.6. The first-order valence-corrected chi connectivity index (χ1v) is 5.83. The molecule has 92 valence electrons. The maximum absolute atomic E-state index is 11.6. The van der Waals surface area contributed by atoms with Gasteiger partial charge in [0.15, 0.2) is 0 Å². The highest BCUT2D eigenvalue weighted by Crippen LogP contribution is 2.20. The number of carboxylic acids is 1. The predicted molar refractivity (Wildman–Crippen MR) is 60.3 cm³/mol. The summed E-state index contributed by atoms with van der Waals surface area (Å²) in [5, 5.41) is 10.9. The standard InChI is InChI=1S/C11H20N2O3/c1-13(11(16)12-8-10(14)15)9-6-4-2-3-5-7-9/h9H,2-8H2,1H3,(H,12,16)(H,14,15). The highest BCUT2D eigenvalue weighted by molar-refractivity contribution is 5.79. The summed E-state index contributed by atoms with van der Waals surface area (Å²) in [6.07, 6.45) is 6.83. The van der Waals surface area contributed by atoms with E-state index in [1.54, 1.807) is 11.9 Å². The Hall–Kier alpha value is -1.26. The number of rotatable bonds is 3. The van der Waals surface area contributed by atoms with Crippen molar-refractivity contribution in [2.24, 2.45) is 0 Å². The molecule has 2 N–H and O–H groups in total. The van der Waals surface area contributed by atoms with Crippen molar-refractivity contribution in [2.45, 2.75) is 44.6 Å². The second-order valence-electron chi connectivity index (χ2n) is 4.31. The van der Waals surface area contributed by atoms with Crippen molar-refractivity contribution in [3.63, 3.8) is 0 Å². The summed E-state index contributed by atoms with van der Waals surface area (Å²) in [7, 11) is 1.74. The van der Waals surface area contributed by atoms with Crippen molar-refractivity contribution in [2.75, 3.05) is 13.6 Å². The number of carbonyl (C=O) groups excluding carboxylic acids is 1. The van der Waals surface area contributed by atoms with Gasteiger partial charge in [-0.1, -0.05) is 25.7 Å². The van der Waals surface area contributed by atoms with E-state index in [1.165, 1.54) is 12.8 Å². The molecule has 0 heterocycles. The molecule has 0 aromatic rings. The van der Waals surface area contributed by atoms with Gasteiger partial charge in [0.25, 0.3) is 0 Å². The first-order chi connectivity index (χ1) is 7.61. The van der Waals surface area contributed by atoms with Crippen LogP contribution in [0.1, 0.15) is 38.5 Å². The molecule has 0 aromatic heterocycles. The Balaban J connectivity index is 2.38. The topological polar surface area (TPSA) is 69.6 Å². The first kappa shape index (κ1) is 12.8. The smallest absolute Gasteiger partial charge is 0.323 e. The van der Waals surface area contributed by atoms with E-state index >= 15 is 0 Å². The van der Waals surface area contributed by atoms with Crippen molar-refractivity contribution in [3.8, 4) is 0 Å². The average Bonchev–Trinajstić information content (AvgIpc) is 2.53. The van der Waals surface area contributed by atoms with Gasteiger partial charge in [-0.2, -0.15) is 0 Å². The summed E-state index contributed by atoms with van der Waals surface area (Å²) in [6, 6.07) is -0.0226. The van der Waals surface area contributed by atoms with Crippen molar-refractivity contribution in [1.82, 2.24) is 10.2 Å². The van der Waals surface area contributed by atoms with Crippen LogP contribution in [0, 0.1) is 0 Å². The number of carboxylic acid groups (broad SMARTS) is 1. The molecule has 1 aliphatic rings. The van der Waals surface area contributed by atoms with E-state index in [0.29, 0.717) is 0 Å². The lowest BCUT2D eigenvalue weighted by atomic mass is 10.1. The summed E-state index contributed by atoms with van der Waals surface area (Å²) in [4.78, 5) is 23.6. The van der Waals surface area contributed by atoms with Crippen LogP contribution in [0.5, 0.6) is 0 Å². The molecule has 0 radical (unpaired) electrons. The van der Waals surface area contributed by atoms with Gasteiger partial charge in [0.1, 0.15) is 6.54 Å². The van der Waals surface area contributed by atoms with E-state index in [2.05, 4.69) is 5.32 Å². The Morgan fingerprint density at radius 2 is 1.81 bits per heavy atom. The van der Waals surface area contributed by atoms with Gasteiger partial charge in [-0.05, 0) is 12.8 Å². The highest BCUT2D eigenvalue weighted by atomic mass is 16.4. The maximum atomic E-state index is 11.6. The molecule has 16 heavy (non-hydrogen) atoms. The molecule has 1 fully saturated rings. The van der Waals surface area contributed by atoms with Crippen molar-refractivity contribution < 1.29 is 14.7 Å². The van der Waals surface area contributed by atoms with Crippen LogP contribution in [-0.4, -0.2) is 41.6 Å². The fourth-order valence-electron chi connectivity index (χ4n) is 2.09. The molecule has 0 unspecified atom stereocenters. The zero-order chi connectivity index (χ0) is 12.0. The Morgan fingerprint density at radius 1 is 1.25 bits per heavy atom. The third-order valence-corrected chi connectivity index (χ3v) is 3.08. The number of carbonyl (C=O) groups is 2. The predicted octanol–water partition coefficient (Wildman–Crippen LogP) is 1.44. The molecule has 0 bridgehead atoms. The molecule has 2 amide bonds. The molecule has 5 heteroatoms. The zero-order valence-electron chi connectivity index (χ0n) is 9.74. The van der Waals surface area contributed by atoms with Gasteiger partial charge in [0.05, 0.1) is 0 Å². The zero-order valence-corrected chi connectivity index (χ0v) is 9.74. The van der Waals surface area contributed by atoms with Crippen LogP contribution in [0.25, 0.3) is 0 Å². The van der Waals surface area contributed by atoms with Gasteiger partial charge in [-0.25, -0.2) is 4.79 Å². The van der Waals surface area contributed by atoms with E-state index in [-0.39, 0.29) is 18.6 Å². The third kappa shape index (κ3) is 4.08. The van der Waals surface area contributed by atoms with Crippen molar-refractivity contribution in [3.05, 3.63) is 0 Å². The Morgan fingerprint density at radius 3 is 2.31 bits per heavy atom. The number of amides is 2. The van der Waals surface area contributed by atoms with Crippen molar-refractivity contribution in [1.29, 1.82) is 0 Å². The minimum atomic E-state index is -1.01. The number of nitrogens with zero attached hydrogens (tertiary/aromatic N) is 1. The van der Waals surface area contributed by atoms with Crippen LogP contribution < -0.4 is 5.32 Å². The monoisotopic (exact) mass is 228 g/mol. The van der Waals surface area contributed by atoms with Gasteiger partial charge in [0, 0.05) is 13.1 Å². The molecular weight excluding hydrogens is 208 g/mol. The van der Waals surface area contributed by atoms with E-state index < -0.39 is 5.97 Å². The van der Waals surface area contributed by atoms with Gasteiger partial charge >= 0.3 is 12.0 Å². The molecular formula is C11H20N2O3. The van der Waals surface area contributed by atoms with Crippen LogP contribution in [0.15, 0.2) is 0 Å². The average molecular weight is 228 g/mol. The maximum Gasteiger partial charge on any atom is 0.323 e. The van der Waals surface area contributed by atoms with Crippen LogP contribution in [-0.2, 0) is 4.79 Å². The number of aliphatic carboxylic acids is 1. The van der Waals surface area contributed by atoms with E-state index in [4.69, 9.17) is 5.11 Å². The minimum absolute atomic E-state index is 0.260. The first-order valence-electron chi connectivity index (χ1n) is 5.83. The summed E-state index contributed by atoms with van der Waals surface area (Å²) in [5.41, 5.74) is 0. The SMILES string of the molecule is CN(C(=O)NCC(=O)O)C1CCCCCC1. The van der Waals surface area contributed by atoms with Gasteiger partial charge in [-0.15, -0.1) is 0 Å². The fraction of sp³-hybridized carbons (Fsp3) is 0.818. The number of urea groups is 1. The van der Waals surface area contributed by atoms with Gasteiger partial charge in [-0.3, -0.25) is 4.79 Å². The lowest BCUT2D eigenvalue weighted by Crippen LogP contribution is -2.44. The van der Waals surface area contributed by atoms with Gasteiger partial charge in [0.2, 0.25) is 0 Å². The second kappa shape index (κ2) is 6.35. The second-order valence-corrected chi connectivity index (χ2v) is 4.31. The third-order valence-electron chi connectivity index (χ3n) is 3.08. The molecule has 1 rings (SSSR count). The van der Waals surface area contributed by atoms with E-state index in [0.717, 1.165) is 25.7 Å². The lowest BCUT2D eigenvalue weighted by molar-refractivity contribution is -0.135. The molecule has 1 aliphatic carbocycles. The van der Waals surface area contributed by atoms with E-state index in [9.17, 15) is 9.59 Å². The minimum Gasteiger partial charge on any atom is -0.480 e. The molecule has 1 saturated carbocycles. The number of hydrogen-bond acceptors (Lipinski definition) is 2. The lowest BCUT2D eigenvalue weighted by Gasteiger charge is -2.27. The van der Waals surface area contributed by atoms with Crippen LogP contribution in [0.4, 0.5) is 4.79 Å². The van der Waals surface area contributed by atoms with Crippen LogP contribution in [0.2, 0.25) is 0 Å². The summed E-state index contributed by atoms with van der Waals surface area (Å²) < 4.78 is 0. The van der Waals surface area contributed by atoms with Crippen molar-refractivity contribution >= 4 is 12.0 Å². The molecule has 0 saturated heterocycles. The molecule has 0 spiro atoms. The fourth-order valence-corrected chi connectivity index (χ4v) is 2.09. The van der Waals surface area contributed by atoms with E-state index in [1.807, 2.05) is 0 Å². The largest absolute Gasteiger partial charge is 0.480 e. The quantitative estimate of drug-likeness (QED) is 0.718. The molecule has 0 aromatic carbocycles. The molecule has 0 aliphatic heterocycles. The Labute approximate surface area is 95.8 Å². The van der Waals surface area contributed by atoms with Gasteiger partial charge < -0.3 is 15.3 Å². The molecule has 5 nitrogen and oxygen atoms in total. The Bertz CT molecular complexity index is 248. The van der Waals surface area contributed by atoms with Crippen LogP contribution >= 0.6 is 0 Å². The van der Waals surface area contributed by atoms with Crippen LogP contribution in [0.3, 0.4) is 0 Å².